The molecule has 0 radical (unpaired) electrons. The van der Waals surface area contributed by atoms with Gasteiger partial charge in [-0.1, -0.05) is 6.07 Å². The van der Waals surface area contributed by atoms with Gasteiger partial charge in [0.25, 0.3) is 0 Å². The van der Waals surface area contributed by atoms with Crippen LogP contribution < -0.4 is 5.32 Å². The molecule has 18 heavy (non-hydrogen) atoms. The summed E-state index contributed by atoms with van der Waals surface area (Å²) in [6, 6.07) is 3.74. The molecule has 0 aromatic heterocycles. The van der Waals surface area contributed by atoms with Crippen LogP contribution >= 0.6 is 0 Å². The molecule has 100 valence electrons. The van der Waals surface area contributed by atoms with Gasteiger partial charge in [0.1, 0.15) is 11.6 Å². The van der Waals surface area contributed by atoms with Crippen LogP contribution in [0.2, 0.25) is 0 Å². The molecular formula is C14H20F2N2. The average Bonchev–Trinajstić information content (AvgIpc) is 2.34. The smallest absolute Gasteiger partial charge is 0.130 e. The van der Waals surface area contributed by atoms with Crippen LogP contribution in [-0.2, 0) is 6.54 Å². The quantitative estimate of drug-likeness (QED) is 0.887. The monoisotopic (exact) mass is 254 g/mol. The van der Waals surface area contributed by atoms with Gasteiger partial charge >= 0.3 is 0 Å². The van der Waals surface area contributed by atoms with Gasteiger partial charge in [0.15, 0.2) is 0 Å². The number of nitrogens with zero attached hydrogens (tertiary/aromatic N) is 1. The molecule has 1 fully saturated rings. The number of rotatable bonds is 4. The Bertz CT molecular complexity index is 387. The summed E-state index contributed by atoms with van der Waals surface area (Å²) in [6.45, 7) is 3.65. The lowest BCUT2D eigenvalue weighted by atomic mass is 9.97. The Hall–Kier alpha value is -1.00. The van der Waals surface area contributed by atoms with Crippen molar-refractivity contribution in [3.8, 4) is 0 Å². The lowest BCUT2D eigenvalue weighted by molar-refractivity contribution is 0.216. The highest BCUT2D eigenvalue weighted by Gasteiger charge is 2.16. The van der Waals surface area contributed by atoms with Crippen LogP contribution in [0.4, 0.5) is 8.78 Å². The van der Waals surface area contributed by atoms with Gasteiger partial charge in [0, 0.05) is 18.2 Å². The van der Waals surface area contributed by atoms with E-state index in [1.54, 1.807) is 0 Å². The standard InChI is InChI=1S/C14H20F2N2/c1-18-6-4-11(5-7-18)9-17-10-12-2-3-13(15)8-14(12)16/h2-3,8,11,17H,4-7,9-10H2,1H3. The second-order valence-electron chi connectivity index (χ2n) is 5.11. The van der Waals surface area contributed by atoms with Crippen LogP contribution in [0, 0.1) is 17.6 Å². The van der Waals surface area contributed by atoms with Crippen molar-refractivity contribution in [2.24, 2.45) is 5.92 Å². The van der Waals surface area contributed by atoms with E-state index < -0.39 is 11.6 Å². The van der Waals surface area contributed by atoms with Crippen molar-refractivity contribution >= 4 is 0 Å². The number of likely N-dealkylation sites (tertiary alicyclic amines) is 1. The van der Waals surface area contributed by atoms with Crippen molar-refractivity contribution in [3.63, 3.8) is 0 Å². The van der Waals surface area contributed by atoms with Crippen molar-refractivity contribution in [3.05, 3.63) is 35.4 Å². The van der Waals surface area contributed by atoms with Gasteiger partial charge in [0.2, 0.25) is 0 Å². The molecule has 1 aliphatic heterocycles. The van der Waals surface area contributed by atoms with Crippen LogP contribution in [0.15, 0.2) is 18.2 Å². The minimum atomic E-state index is -0.522. The Balaban J connectivity index is 1.75. The van der Waals surface area contributed by atoms with Crippen molar-refractivity contribution in [2.45, 2.75) is 19.4 Å². The first-order valence-electron chi connectivity index (χ1n) is 6.48. The summed E-state index contributed by atoms with van der Waals surface area (Å²) in [5, 5.41) is 3.27. The Morgan fingerprint density at radius 1 is 1.28 bits per heavy atom. The van der Waals surface area contributed by atoms with E-state index in [0.29, 0.717) is 18.0 Å². The largest absolute Gasteiger partial charge is 0.312 e. The number of nitrogens with one attached hydrogen (secondary N) is 1. The predicted octanol–water partition coefficient (Wildman–Crippen LogP) is 2.40. The van der Waals surface area contributed by atoms with E-state index >= 15 is 0 Å². The van der Waals surface area contributed by atoms with Crippen molar-refractivity contribution in [1.29, 1.82) is 0 Å². The first kappa shape index (κ1) is 13.4. The Kier molecular flexibility index (Phi) is 4.66. The van der Waals surface area contributed by atoms with E-state index in [0.717, 1.165) is 25.7 Å². The highest BCUT2D eigenvalue weighted by Crippen LogP contribution is 2.15. The van der Waals surface area contributed by atoms with Gasteiger partial charge in [-0.25, -0.2) is 8.78 Å². The lowest BCUT2D eigenvalue weighted by Crippen LogP contribution is -2.34. The molecule has 2 nitrogen and oxygen atoms in total. The van der Waals surface area contributed by atoms with Gasteiger partial charge < -0.3 is 10.2 Å². The third-order valence-corrected chi connectivity index (χ3v) is 3.60. The molecule has 1 saturated heterocycles. The predicted molar refractivity (Wildman–Crippen MR) is 68.3 cm³/mol. The molecule has 2 rings (SSSR count). The first-order chi connectivity index (χ1) is 8.65. The van der Waals surface area contributed by atoms with E-state index in [1.807, 2.05) is 0 Å². The molecule has 0 atom stereocenters. The van der Waals surface area contributed by atoms with Gasteiger partial charge in [0.05, 0.1) is 0 Å². The Morgan fingerprint density at radius 3 is 2.67 bits per heavy atom. The highest BCUT2D eigenvalue weighted by molar-refractivity contribution is 5.18. The second kappa shape index (κ2) is 6.25. The van der Waals surface area contributed by atoms with Crippen LogP contribution in [0.1, 0.15) is 18.4 Å². The zero-order valence-corrected chi connectivity index (χ0v) is 10.8. The molecule has 1 aliphatic rings. The topological polar surface area (TPSA) is 15.3 Å². The molecule has 0 aliphatic carbocycles. The van der Waals surface area contributed by atoms with E-state index in [9.17, 15) is 8.78 Å². The third kappa shape index (κ3) is 3.75. The minimum absolute atomic E-state index is 0.467. The Labute approximate surface area is 107 Å². The summed E-state index contributed by atoms with van der Waals surface area (Å²) in [4.78, 5) is 2.33. The fraction of sp³-hybridized carbons (Fsp3) is 0.571. The van der Waals surface area contributed by atoms with Crippen LogP contribution in [0.5, 0.6) is 0 Å². The van der Waals surface area contributed by atoms with E-state index in [-0.39, 0.29) is 0 Å². The second-order valence-corrected chi connectivity index (χ2v) is 5.11. The summed E-state index contributed by atoms with van der Waals surface area (Å²) in [7, 11) is 2.14. The SMILES string of the molecule is CN1CCC(CNCc2ccc(F)cc2F)CC1. The number of benzene rings is 1. The van der Waals surface area contributed by atoms with Gasteiger partial charge in [-0.3, -0.25) is 0 Å². The summed E-state index contributed by atoms with van der Waals surface area (Å²) in [6.07, 6.45) is 2.38. The molecule has 0 unspecified atom stereocenters. The molecule has 4 heteroatoms. The third-order valence-electron chi connectivity index (χ3n) is 3.60. The van der Waals surface area contributed by atoms with E-state index in [1.165, 1.54) is 25.0 Å². The molecule has 1 aromatic carbocycles. The number of halogens is 2. The maximum absolute atomic E-state index is 13.4. The first-order valence-corrected chi connectivity index (χ1v) is 6.48. The summed E-state index contributed by atoms with van der Waals surface area (Å²) in [5.41, 5.74) is 0.532. The van der Waals surface area contributed by atoms with E-state index in [4.69, 9.17) is 0 Å². The molecular weight excluding hydrogens is 234 g/mol. The lowest BCUT2D eigenvalue weighted by Gasteiger charge is -2.29. The fourth-order valence-electron chi connectivity index (χ4n) is 2.34. The van der Waals surface area contributed by atoms with Crippen molar-refractivity contribution in [2.75, 3.05) is 26.7 Å². The van der Waals surface area contributed by atoms with Crippen molar-refractivity contribution in [1.82, 2.24) is 10.2 Å². The average molecular weight is 254 g/mol. The highest BCUT2D eigenvalue weighted by atomic mass is 19.1. The minimum Gasteiger partial charge on any atom is -0.312 e. The molecule has 1 heterocycles. The molecule has 0 spiro atoms. The Morgan fingerprint density at radius 2 is 2.00 bits per heavy atom. The van der Waals surface area contributed by atoms with Crippen LogP contribution in [0.3, 0.4) is 0 Å². The van der Waals surface area contributed by atoms with Crippen LogP contribution in [0.25, 0.3) is 0 Å². The summed E-state index contributed by atoms with van der Waals surface area (Å²) >= 11 is 0. The molecule has 0 amide bonds. The summed E-state index contributed by atoms with van der Waals surface area (Å²) < 4.78 is 26.1. The maximum Gasteiger partial charge on any atom is 0.130 e. The summed E-state index contributed by atoms with van der Waals surface area (Å²) in [5.74, 6) is -0.317. The zero-order chi connectivity index (χ0) is 13.0. The molecule has 1 aromatic rings. The van der Waals surface area contributed by atoms with Gasteiger partial charge in [-0.05, 0) is 51.5 Å². The van der Waals surface area contributed by atoms with Crippen molar-refractivity contribution < 1.29 is 8.78 Å². The number of hydrogen-bond acceptors (Lipinski definition) is 2. The van der Waals surface area contributed by atoms with E-state index in [2.05, 4.69) is 17.3 Å². The van der Waals surface area contributed by atoms with Crippen LogP contribution in [-0.4, -0.2) is 31.6 Å². The van der Waals surface area contributed by atoms with Gasteiger partial charge in [-0.2, -0.15) is 0 Å². The van der Waals surface area contributed by atoms with Gasteiger partial charge in [-0.15, -0.1) is 0 Å². The zero-order valence-electron chi connectivity index (χ0n) is 10.8. The number of piperidine rings is 1. The fourth-order valence-corrected chi connectivity index (χ4v) is 2.34. The number of hydrogen-bond donors (Lipinski definition) is 1. The molecule has 1 N–H and O–H groups in total. The molecule has 0 saturated carbocycles. The normalized spacial score (nSPS) is 18.2. The molecule has 0 bridgehead atoms. The maximum atomic E-state index is 13.4.